The molecule has 0 radical (unpaired) electrons. The van der Waals surface area contributed by atoms with Gasteiger partial charge in [0.2, 0.25) is 0 Å². The van der Waals surface area contributed by atoms with Crippen LogP contribution in [0, 0.1) is 10.1 Å². The van der Waals surface area contributed by atoms with E-state index in [1.165, 1.54) is 25.9 Å². The highest BCUT2D eigenvalue weighted by Gasteiger charge is 2.25. The number of nitro benzene ring substituents is 1. The molecule has 0 aromatic heterocycles. The lowest BCUT2D eigenvalue weighted by atomic mass is 9.88. The Labute approximate surface area is 276 Å². The summed E-state index contributed by atoms with van der Waals surface area (Å²) < 4.78 is 28.6. The number of rotatable bonds is 14. The smallest absolute Gasteiger partial charge is 0.280 e. The zero-order valence-corrected chi connectivity index (χ0v) is 27.4. The summed E-state index contributed by atoms with van der Waals surface area (Å²) in [4.78, 5) is 13.9. The van der Waals surface area contributed by atoms with Gasteiger partial charge in [-0.05, 0) is 71.5 Å². The number of hydrogen-bond donors (Lipinski definition) is 0. The number of nitro groups is 1. The first-order valence-corrected chi connectivity index (χ1v) is 15.9. The molecule has 0 N–H and O–H groups in total. The summed E-state index contributed by atoms with van der Waals surface area (Å²) in [6.45, 7) is 8.83. The molecule has 246 valence electrons. The van der Waals surface area contributed by atoms with Crippen LogP contribution in [0.2, 0.25) is 0 Å². The first-order valence-electron chi connectivity index (χ1n) is 15.9. The zero-order chi connectivity index (χ0) is 33.2. The SMILES string of the molecule is CC/C(=C(/c1ccc(OCCN2CCOCC2)cc1)c1cccc(OC(C)c2cc(OC)c(OC)cc2[N+](=O)[O-])c1)c1ccccc1. The van der Waals surface area contributed by atoms with Crippen molar-refractivity contribution in [3.63, 3.8) is 0 Å². The Morgan fingerprint density at radius 2 is 1.53 bits per heavy atom. The van der Waals surface area contributed by atoms with Gasteiger partial charge < -0.3 is 23.7 Å². The van der Waals surface area contributed by atoms with E-state index in [-0.39, 0.29) is 11.4 Å². The second kappa shape index (κ2) is 16.1. The van der Waals surface area contributed by atoms with Gasteiger partial charge in [0.05, 0.1) is 44.0 Å². The molecule has 4 aromatic rings. The predicted octanol–water partition coefficient (Wildman–Crippen LogP) is 7.83. The maximum atomic E-state index is 12.0. The van der Waals surface area contributed by atoms with Gasteiger partial charge in [0.25, 0.3) is 5.69 Å². The summed E-state index contributed by atoms with van der Waals surface area (Å²) in [6, 6.07) is 29.4. The van der Waals surface area contributed by atoms with Gasteiger partial charge in [0, 0.05) is 19.6 Å². The Balaban J connectivity index is 1.45. The molecule has 0 spiro atoms. The Morgan fingerprint density at radius 1 is 0.851 bits per heavy atom. The van der Waals surface area contributed by atoms with Gasteiger partial charge in [-0.25, -0.2) is 0 Å². The van der Waals surface area contributed by atoms with E-state index in [1.807, 2.05) is 48.5 Å². The number of morpholine rings is 1. The van der Waals surface area contributed by atoms with E-state index in [0.29, 0.717) is 23.7 Å². The first-order chi connectivity index (χ1) is 22.9. The molecule has 1 saturated heterocycles. The highest BCUT2D eigenvalue weighted by molar-refractivity contribution is 5.98. The fourth-order valence-electron chi connectivity index (χ4n) is 5.88. The molecular formula is C38H42N2O7. The number of allylic oxidation sites excluding steroid dienone is 1. The van der Waals surface area contributed by atoms with Crippen molar-refractivity contribution in [3.05, 3.63) is 123 Å². The number of ether oxygens (including phenoxy) is 5. The molecule has 1 fully saturated rings. The van der Waals surface area contributed by atoms with Crippen LogP contribution in [0.3, 0.4) is 0 Å². The Morgan fingerprint density at radius 3 is 2.19 bits per heavy atom. The van der Waals surface area contributed by atoms with Gasteiger partial charge >= 0.3 is 0 Å². The molecule has 1 atom stereocenters. The summed E-state index contributed by atoms with van der Waals surface area (Å²) in [5.41, 5.74) is 5.70. The number of hydrogen-bond acceptors (Lipinski definition) is 8. The third kappa shape index (κ3) is 8.30. The Kier molecular flexibility index (Phi) is 11.5. The summed E-state index contributed by atoms with van der Waals surface area (Å²) in [7, 11) is 2.95. The predicted molar refractivity (Wildman–Crippen MR) is 184 cm³/mol. The molecule has 1 heterocycles. The molecule has 0 saturated carbocycles. The van der Waals surface area contributed by atoms with Crippen LogP contribution >= 0.6 is 0 Å². The summed E-state index contributed by atoms with van der Waals surface area (Å²) >= 11 is 0. The van der Waals surface area contributed by atoms with Crippen molar-refractivity contribution in [1.82, 2.24) is 4.90 Å². The monoisotopic (exact) mass is 638 g/mol. The van der Waals surface area contributed by atoms with Gasteiger partial charge in [0.15, 0.2) is 11.5 Å². The zero-order valence-electron chi connectivity index (χ0n) is 27.4. The van der Waals surface area contributed by atoms with Crippen molar-refractivity contribution in [1.29, 1.82) is 0 Å². The summed E-state index contributed by atoms with van der Waals surface area (Å²) in [5.74, 6) is 2.09. The highest BCUT2D eigenvalue weighted by atomic mass is 16.6. The van der Waals surface area contributed by atoms with E-state index in [4.69, 9.17) is 23.7 Å². The minimum Gasteiger partial charge on any atom is -0.493 e. The lowest BCUT2D eigenvalue weighted by Crippen LogP contribution is -2.38. The molecule has 0 amide bonds. The normalized spacial score (nSPS) is 14.6. The fourth-order valence-corrected chi connectivity index (χ4v) is 5.88. The number of nitrogens with zero attached hydrogens (tertiary/aromatic N) is 2. The molecular weight excluding hydrogens is 596 g/mol. The Hall–Kier alpha value is -4.86. The Bertz CT molecular complexity index is 1670. The van der Waals surface area contributed by atoms with E-state index in [2.05, 4.69) is 42.2 Å². The van der Waals surface area contributed by atoms with E-state index in [1.54, 1.807) is 13.0 Å². The maximum absolute atomic E-state index is 12.0. The standard InChI is InChI=1S/C38H42N2O7/c1-5-33(28-10-7-6-8-11-28)38(29-14-16-31(17-15-29)46-23-20-39-18-21-45-22-19-39)30-12-9-13-32(24-30)47-27(2)34-25-36(43-3)37(44-4)26-35(34)40(41)42/h6-17,24-27H,5,18-23H2,1-4H3/b38-33+. The second-order valence-corrected chi connectivity index (χ2v) is 11.2. The van der Waals surface area contributed by atoms with Gasteiger partial charge in [-0.1, -0.05) is 61.5 Å². The molecule has 1 unspecified atom stereocenters. The van der Waals surface area contributed by atoms with Crippen LogP contribution in [-0.2, 0) is 4.74 Å². The van der Waals surface area contributed by atoms with Crippen LogP contribution in [0.15, 0.2) is 91.0 Å². The topological polar surface area (TPSA) is 92.5 Å². The third-order valence-corrected chi connectivity index (χ3v) is 8.30. The van der Waals surface area contributed by atoms with Crippen molar-refractivity contribution in [2.45, 2.75) is 26.4 Å². The molecule has 0 aliphatic carbocycles. The van der Waals surface area contributed by atoms with Crippen LogP contribution in [0.5, 0.6) is 23.0 Å². The molecule has 4 aromatic carbocycles. The van der Waals surface area contributed by atoms with Crippen LogP contribution in [0.25, 0.3) is 11.1 Å². The van der Waals surface area contributed by atoms with Gasteiger partial charge in [-0.3, -0.25) is 15.0 Å². The van der Waals surface area contributed by atoms with E-state index >= 15 is 0 Å². The largest absolute Gasteiger partial charge is 0.493 e. The number of benzene rings is 4. The van der Waals surface area contributed by atoms with Crippen LogP contribution in [0.1, 0.15) is 48.6 Å². The number of methoxy groups -OCH3 is 2. The van der Waals surface area contributed by atoms with Crippen molar-refractivity contribution in [3.8, 4) is 23.0 Å². The van der Waals surface area contributed by atoms with Crippen molar-refractivity contribution < 1.29 is 28.6 Å². The van der Waals surface area contributed by atoms with E-state index < -0.39 is 11.0 Å². The summed E-state index contributed by atoms with van der Waals surface area (Å²) in [6.07, 6.45) is 0.155. The molecule has 47 heavy (non-hydrogen) atoms. The average molecular weight is 639 g/mol. The minimum atomic E-state index is -0.647. The fraction of sp³-hybridized carbons (Fsp3) is 0.316. The lowest BCUT2D eigenvalue weighted by Gasteiger charge is -2.26. The van der Waals surface area contributed by atoms with Crippen LogP contribution < -0.4 is 18.9 Å². The molecule has 5 rings (SSSR count). The van der Waals surface area contributed by atoms with Crippen molar-refractivity contribution >= 4 is 16.8 Å². The minimum absolute atomic E-state index is 0.100. The first kappa shape index (κ1) is 33.5. The van der Waals surface area contributed by atoms with Crippen LogP contribution in [-0.4, -0.2) is 63.5 Å². The molecule has 9 nitrogen and oxygen atoms in total. The second-order valence-electron chi connectivity index (χ2n) is 11.2. The molecule has 1 aliphatic heterocycles. The lowest BCUT2D eigenvalue weighted by molar-refractivity contribution is -0.386. The molecule has 1 aliphatic rings. The highest BCUT2D eigenvalue weighted by Crippen LogP contribution is 2.40. The third-order valence-electron chi connectivity index (χ3n) is 8.30. The maximum Gasteiger partial charge on any atom is 0.280 e. The quantitative estimate of drug-likeness (QED) is 0.0784. The molecule has 0 bridgehead atoms. The summed E-state index contributed by atoms with van der Waals surface area (Å²) in [5, 5.41) is 12.0. The van der Waals surface area contributed by atoms with E-state index in [9.17, 15) is 10.1 Å². The average Bonchev–Trinajstić information content (AvgIpc) is 3.11. The van der Waals surface area contributed by atoms with Gasteiger partial charge in [-0.2, -0.15) is 0 Å². The molecule has 9 heteroatoms. The van der Waals surface area contributed by atoms with Gasteiger partial charge in [0.1, 0.15) is 24.2 Å². The van der Waals surface area contributed by atoms with Gasteiger partial charge in [-0.15, -0.1) is 0 Å². The van der Waals surface area contributed by atoms with E-state index in [0.717, 1.165) is 67.3 Å². The van der Waals surface area contributed by atoms with Crippen molar-refractivity contribution in [2.24, 2.45) is 0 Å². The van der Waals surface area contributed by atoms with Crippen molar-refractivity contribution in [2.75, 3.05) is 53.7 Å². The van der Waals surface area contributed by atoms with Crippen LogP contribution in [0.4, 0.5) is 5.69 Å².